The fourth-order valence-electron chi connectivity index (χ4n) is 2.31. The third-order valence-electron chi connectivity index (χ3n) is 3.18. The molecule has 18 heavy (non-hydrogen) atoms. The number of likely N-dealkylation sites (tertiary alicyclic amines) is 1. The number of pyridine rings is 1. The average Bonchev–Trinajstić information content (AvgIpc) is 2.86. The fraction of sp³-hybridized carbons (Fsp3) is 0.571. The highest BCUT2D eigenvalue weighted by atomic mass is 16.5. The van der Waals surface area contributed by atoms with E-state index in [1.54, 1.807) is 6.20 Å². The summed E-state index contributed by atoms with van der Waals surface area (Å²) < 4.78 is 5.39. The largest absolute Gasteiger partial charge is 0.369 e. The van der Waals surface area contributed by atoms with Gasteiger partial charge in [0, 0.05) is 18.9 Å². The van der Waals surface area contributed by atoms with Gasteiger partial charge >= 0.3 is 0 Å². The molecule has 1 atom stereocenters. The zero-order chi connectivity index (χ0) is 13.0. The Labute approximate surface area is 108 Å². The average molecular weight is 248 g/mol. The molecule has 0 spiro atoms. The molecule has 0 bridgehead atoms. The Balaban J connectivity index is 2.01. The van der Waals surface area contributed by atoms with Crippen LogP contribution in [0.15, 0.2) is 24.5 Å². The Kier molecular flexibility index (Phi) is 4.31. The van der Waals surface area contributed by atoms with Crippen LogP contribution < -0.4 is 0 Å². The lowest BCUT2D eigenvalue weighted by molar-refractivity contribution is -0.138. The van der Waals surface area contributed by atoms with E-state index in [1.807, 2.05) is 37.1 Å². The van der Waals surface area contributed by atoms with Crippen molar-refractivity contribution in [3.8, 4) is 0 Å². The summed E-state index contributed by atoms with van der Waals surface area (Å²) in [5.41, 5.74) is 1.12. The molecule has 1 amide bonds. The van der Waals surface area contributed by atoms with Gasteiger partial charge in [-0.05, 0) is 38.3 Å². The van der Waals surface area contributed by atoms with Crippen molar-refractivity contribution in [1.82, 2.24) is 9.88 Å². The van der Waals surface area contributed by atoms with Crippen molar-refractivity contribution in [2.75, 3.05) is 13.2 Å². The second-order valence-electron chi connectivity index (χ2n) is 4.89. The van der Waals surface area contributed by atoms with Crippen LogP contribution in [-0.2, 0) is 9.53 Å². The summed E-state index contributed by atoms with van der Waals surface area (Å²) in [5.74, 6) is 0.0788. The molecule has 1 aromatic rings. The zero-order valence-corrected chi connectivity index (χ0v) is 11.0. The molecule has 1 saturated heterocycles. The first-order valence-corrected chi connectivity index (χ1v) is 6.49. The van der Waals surface area contributed by atoms with Crippen molar-refractivity contribution in [1.29, 1.82) is 0 Å². The number of carbonyl (C=O) groups is 1. The summed E-state index contributed by atoms with van der Waals surface area (Å²) in [6, 6.07) is 4.12. The second kappa shape index (κ2) is 5.96. The van der Waals surface area contributed by atoms with E-state index < -0.39 is 0 Å². The number of hydrogen-bond acceptors (Lipinski definition) is 3. The zero-order valence-electron chi connectivity index (χ0n) is 11.0. The van der Waals surface area contributed by atoms with Crippen LogP contribution in [0.3, 0.4) is 0 Å². The molecule has 0 N–H and O–H groups in total. The highest BCUT2D eigenvalue weighted by Crippen LogP contribution is 2.31. The summed E-state index contributed by atoms with van der Waals surface area (Å²) in [6.07, 6.45) is 5.76. The highest BCUT2D eigenvalue weighted by Gasteiger charge is 2.29. The number of rotatable bonds is 4. The van der Waals surface area contributed by atoms with E-state index in [0.717, 1.165) is 24.9 Å². The summed E-state index contributed by atoms with van der Waals surface area (Å²) in [5, 5.41) is 0. The summed E-state index contributed by atoms with van der Waals surface area (Å²) in [7, 11) is 0. The number of ether oxygens (including phenoxy) is 1. The Morgan fingerprint density at radius 1 is 1.61 bits per heavy atom. The van der Waals surface area contributed by atoms with Gasteiger partial charge in [-0.15, -0.1) is 0 Å². The molecule has 98 valence electrons. The summed E-state index contributed by atoms with van der Waals surface area (Å²) >= 11 is 0. The SMILES string of the molecule is CC(C)OCC(=O)N1CCCC1c1cccnc1. The van der Waals surface area contributed by atoms with E-state index in [9.17, 15) is 4.79 Å². The second-order valence-corrected chi connectivity index (χ2v) is 4.89. The first kappa shape index (κ1) is 13.0. The topological polar surface area (TPSA) is 42.4 Å². The first-order chi connectivity index (χ1) is 8.68. The van der Waals surface area contributed by atoms with Crippen LogP contribution in [0, 0.1) is 0 Å². The van der Waals surface area contributed by atoms with Crippen LogP contribution in [0.25, 0.3) is 0 Å². The van der Waals surface area contributed by atoms with E-state index in [2.05, 4.69) is 4.98 Å². The smallest absolute Gasteiger partial charge is 0.249 e. The Morgan fingerprint density at radius 2 is 2.44 bits per heavy atom. The van der Waals surface area contributed by atoms with E-state index in [1.165, 1.54) is 0 Å². The van der Waals surface area contributed by atoms with Crippen molar-refractivity contribution in [2.24, 2.45) is 0 Å². The molecule has 4 heteroatoms. The Morgan fingerprint density at radius 3 is 3.11 bits per heavy atom. The van der Waals surface area contributed by atoms with E-state index in [-0.39, 0.29) is 24.7 Å². The van der Waals surface area contributed by atoms with Gasteiger partial charge in [0.15, 0.2) is 0 Å². The number of nitrogens with zero attached hydrogens (tertiary/aromatic N) is 2. The van der Waals surface area contributed by atoms with Gasteiger partial charge in [0.2, 0.25) is 5.91 Å². The quantitative estimate of drug-likeness (QED) is 0.820. The number of amides is 1. The molecular weight excluding hydrogens is 228 g/mol. The maximum Gasteiger partial charge on any atom is 0.249 e. The summed E-state index contributed by atoms with van der Waals surface area (Å²) in [4.78, 5) is 18.2. The number of hydrogen-bond donors (Lipinski definition) is 0. The fourth-order valence-corrected chi connectivity index (χ4v) is 2.31. The van der Waals surface area contributed by atoms with E-state index in [4.69, 9.17) is 4.74 Å². The standard InChI is InChI=1S/C14H20N2O2/c1-11(2)18-10-14(17)16-8-4-6-13(16)12-5-3-7-15-9-12/h3,5,7,9,11,13H,4,6,8,10H2,1-2H3. The van der Waals surface area contributed by atoms with Crippen LogP contribution in [0.5, 0.6) is 0 Å². The van der Waals surface area contributed by atoms with E-state index >= 15 is 0 Å². The molecule has 4 nitrogen and oxygen atoms in total. The molecule has 0 aromatic carbocycles. The van der Waals surface area contributed by atoms with Gasteiger partial charge in [-0.2, -0.15) is 0 Å². The molecule has 2 rings (SSSR count). The molecule has 2 heterocycles. The third-order valence-corrected chi connectivity index (χ3v) is 3.18. The molecule has 0 aliphatic carbocycles. The lowest BCUT2D eigenvalue weighted by atomic mass is 10.1. The minimum Gasteiger partial charge on any atom is -0.369 e. The van der Waals surface area contributed by atoms with Gasteiger partial charge in [0.1, 0.15) is 6.61 Å². The van der Waals surface area contributed by atoms with Crippen LogP contribution in [0.1, 0.15) is 38.3 Å². The highest BCUT2D eigenvalue weighted by molar-refractivity contribution is 5.78. The molecule has 1 aliphatic rings. The minimum absolute atomic E-state index is 0.0788. The molecule has 0 saturated carbocycles. The molecule has 1 fully saturated rings. The van der Waals surface area contributed by atoms with Gasteiger partial charge in [0.25, 0.3) is 0 Å². The maximum absolute atomic E-state index is 12.1. The molecule has 1 aliphatic heterocycles. The van der Waals surface area contributed by atoms with Gasteiger partial charge in [-0.3, -0.25) is 9.78 Å². The number of carbonyl (C=O) groups excluding carboxylic acids is 1. The van der Waals surface area contributed by atoms with Crippen molar-refractivity contribution < 1.29 is 9.53 Å². The van der Waals surface area contributed by atoms with Crippen LogP contribution in [-0.4, -0.2) is 35.0 Å². The molecular formula is C14H20N2O2. The lowest BCUT2D eigenvalue weighted by Crippen LogP contribution is -2.34. The van der Waals surface area contributed by atoms with E-state index in [0.29, 0.717) is 0 Å². The van der Waals surface area contributed by atoms with Crippen molar-refractivity contribution in [3.63, 3.8) is 0 Å². The Bertz CT molecular complexity index is 392. The normalized spacial score (nSPS) is 19.5. The van der Waals surface area contributed by atoms with Crippen molar-refractivity contribution in [2.45, 2.75) is 38.8 Å². The molecule has 0 radical (unpaired) electrons. The Hall–Kier alpha value is -1.42. The summed E-state index contributed by atoms with van der Waals surface area (Å²) in [6.45, 7) is 4.87. The third kappa shape index (κ3) is 3.07. The van der Waals surface area contributed by atoms with Crippen LogP contribution >= 0.6 is 0 Å². The van der Waals surface area contributed by atoms with Gasteiger partial charge in [-0.25, -0.2) is 0 Å². The molecule has 1 unspecified atom stereocenters. The lowest BCUT2D eigenvalue weighted by Gasteiger charge is -2.25. The van der Waals surface area contributed by atoms with Gasteiger partial charge in [0.05, 0.1) is 12.1 Å². The molecule has 1 aromatic heterocycles. The maximum atomic E-state index is 12.1. The number of aromatic nitrogens is 1. The predicted molar refractivity (Wildman–Crippen MR) is 69.0 cm³/mol. The van der Waals surface area contributed by atoms with Crippen molar-refractivity contribution >= 4 is 5.91 Å². The van der Waals surface area contributed by atoms with Gasteiger partial charge < -0.3 is 9.64 Å². The first-order valence-electron chi connectivity index (χ1n) is 6.49. The van der Waals surface area contributed by atoms with Gasteiger partial charge in [-0.1, -0.05) is 6.07 Å². The van der Waals surface area contributed by atoms with Crippen LogP contribution in [0.4, 0.5) is 0 Å². The van der Waals surface area contributed by atoms with Crippen molar-refractivity contribution in [3.05, 3.63) is 30.1 Å². The predicted octanol–water partition coefficient (Wildman–Crippen LogP) is 2.17. The monoisotopic (exact) mass is 248 g/mol. The van der Waals surface area contributed by atoms with Crippen LogP contribution in [0.2, 0.25) is 0 Å². The minimum atomic E-state index is 0.0788.